The summed E-state index contributed by atoms with van der Waals surface area (Å²) in [6, 6.07) is 12.2. The summed E-state index contributed by atoms with van der Waals surface area (Å²) in [6.45, 7) is 0. The average Bonchev–Trinajstić information content (AvgIpc) is 3.49. The molecule has 260 valence electrons. The van der Waals surface area contributed by atoms with Crippen LogP contribution in [-0.4, -0.2) is 60.1 Å². The van der Waals surface area contributed by atoms with Crippen LogP contribution in [0.15, 0.2) is 99.9 Å². The fourth-order valence-electron chi connectivity index (χ4n) is 5.31. The molecule has 0 fully saturated rings. The smallest absolute Gasteiger partial charge is 0.337 e. The Labute approximate surface area is 286 Å². The minimum Gasteiger partial charge on any atom is -0.480 e. The molecular weight excluding hydrogens is 690 g/mol. The number of sulfonamides is 1. The largest absolute Gasteiger partial charge is 0.480 e. The molecule has 15 nitrogen and oxygen atoms in total. The van der Waals surface area contributed by atoms with Gasteiger partial charge in [-0.15, -0.1) is 0 Å². The number of imidazole rings is 1. The Morgan fingerprint density at radius 3 is 2.16 bits per heavy atom. The molecule has 0 saturated heterocycles. The zero-order valence-corrected chi connectivity index (χ0v) is 27.4. The molecule has 6 rings (SSSR count). The van der Waals surface area contributed by atoms with Gasteiger partial charge in [0.05, 0.1) is 22.6 Å². The van der Waals surface area contributed by atoms with Crippen molar-refractivity contribution in [3.05, 3.63) is 129 Å². The van der Waals surface area contributed by atoms with Gasteiger partial charge >= 0.3 is 11.7 Å². The second kappa shape index (κ2) is 13.4. The molecule has 0 spiro atoms. The Hall–Kier alpha value is -6.56. The molecule has 3 aromatic carbocycles. The van der Waals surface area contributed by atoms with Gasteiger partial charge in [0.2, 0.25) is 0 Å². The summed E-state index contributed by atoms with van der Waals surface area (Å²) < 4.78 is 61.7. The van der Waals surface area contributed by atoms with Crippen LogP contribution in [0.25, 0.3) is 28.2 Å². The molecule has 1 amide bonds. The van der Waals surface area contributed by atoms with Crippen LogP contribution in [0.1, 0.15) is 15.9 Å². The lowest BCUT2D eigenvalue weighted by molar-refractivity contribution is -0.139. The number of aryl methyl sites for hydroxylation is 2. The van der Waals surface area contributed by atoms with Crippen molar-refractivity contribution in [1.29, 1.82) is 0 Å². The number of nitrogens with zero attached hydrogens (tertiary/aromatic N) is 6. The summed E-state index contributed by atoms with van der Waals surface area (Å²) in [7, 11) is -1.26. The Bertz CT molecular complexity index is 2530. The van der Waals surface area contributed by atoms with E-state index < -0.39 is 62.1 Å². The number of carboxylic acid groups (broad SMARTS) is 1. The van der Waals surface area contributed by atoms with E-state index >= 15 is 8.78 Å². The zero-order valence-electron chi connectivity index (χ0n) is 26.6. The van der Waals surface area contributed by atoms with Gasteiger partial charge in [-0.3, -0.25) is 18.9 Å². The number of halogens is 2. The van der Waals surface area contributed by atoms with Crippen molar-refractivity contribution in [3.8, 4) is 17.1 Å². The number of anilines is 1. The zero-order chi connectivity index (χ0) is 36.6. The quantitative estimate of drug-likeness (QED) is 0.189. The normalized spacial score (nSPS) is 12.1. The number of fused-ring (bicyclic) bond motifs is 1. The number of carbonyl (C=O) groups excluding carboxylic acids is 1. The van der Waals surface area contributed by atoms with Crippen LogP contribution < -0.4 is 21.3 Å². The fraction of sp³-hybridized carbons (Fsp3) is 0.121. The van der Waals surface area contributed by atoms with Crippen molar-refractivity contribution >= 4 is 38.8 Å². The van der Waals surface area contributed by atoms with E-state index in [1.807, 2.05) is 0 Å². The van der Waals surface area contributed by atoms with Gasteiger partial charge in [-0.2, -0.15) is 0 Å². The number of rotatable bonds is 10. The van der Waals surface area contributed by atoms with E-state index in [4.69, 9.17) is 0 Å². The Morgan fingerprint density at radius 1 is 0.922 bits per heavy atom. The number of hydrogen-bond acceptors (Lipinski definition) is 9. The summed E-state index contributed by atoms with van der Waals surface area (Å²) in [4.78, 5) is 63.1. The van der Waals surface area contributed by atoms with Gasteiger partial charge < -0.3 is 15.0 Å². The third kappa shape index (κ3) is 6.71. The monoisotopic (exact) mass is 716 g/mol. The van der Waals surface area contributed by atoms with E-state index in [1.165, 1.54) is 83.4 Å². The van der Waals surface area contributed by atoms with E-state index in [9.17, 15) is 32.7 Å². The van der Waals surface area contributed by atoms with Crippen LogP contribution in [0.2, 0.25) is 0 Å². The van der Waals surface area contributed by atoms with E-state index in [0.717, 1.165) is 4.57 Å². The SMILES string of the molecule is Cn1cnc2c1c(=O)n(-c1ccc(C[C@H](NC(=O)c3c(F)cc(NS(=O)(=O)c4ccc(-c5ncccn5)cc4)cc3F)C(=O)O)cc1)c(=O)n2C. The van der Waals surface area contributed by atoms with Gasteiger partial charge in [-0.25, -0.2) is 46.3 Å². The highest BCUT2D eigenvalue weighted by atomic mass is 32.2. The second-order valence-electron chi connectivity index (χ2n) is 11.3. The number of carbonyl (C=O) groups is 2. The number of aromatic nitrogens is 6. The minimum absolute atomic E-state index is 0.182. The van der Waals surface area contributed by atoms with Crippen LogP contribution >= 0.6 is 0 Å². The predicted molar refractivity (Wildman–Crippen MR) is 179 cm³/mol. The molecule has 3 N–H and O–H groups in total. The van der Waals surface area contributed by atoms with Crippen LogP contribution in [0, 0.1) is 11.6 Å². The van der Waals surface area contributed by atoms with Gasteiger partial charge in [0.1, 0.15) is 23.2 Å². The third-order valence-electron chi connectivity index (χ3n) is 7.87. The first-order chi connectivity index (χ1) is 24.2. The minimum atomic E-state index is -4.32. The van der Waals surface area contributed by atoms with Crippen molar-refractivity contribution in [2.45, 2.75) is 17.4 Å². The second-order valence-corrected chi connectivity index (χ2v) is 12.9. The number of aliphatic carboxylic acids is 1. The lowest BCUT2D eigenvalue weighted by Gasteiger charge is -2.16. The molecule has 0 aliphatic carbocycles. The van der Waals surface area contributed by atoms with Crippen LogP contribution in [-0.2, 0) is 35.3 Å². The first kappa shape index (κ1) is 34.3. The molecular formula is C33H26F2N8O7S. The van der Waals surface area contributed by atoms with Crippen LogP contribution in [0.5, 0.6) is 0 Å². The molecule has 0 aliphatic heterocycles. The Kier molecular flexibility index (Phi) is 9.01. The maximum atomic E-state index is 15.1. The van der Waals surface area contributed by atoms with E-state index in [1.54, 1.807) is 13.1 Å². The summed E-state index contributed by atoms with van der Waals surface area (Å²) in [6.07, 6.45) is 4.09. The third-order valence-corrected chi connectivity index (χ3v) is 9.26. The standard InChI is InChI=1S/C33H26F2N8O7S/c1-41-17-38-29-27(41)31(45)43(33(48)42(29)2)21-8-4-18(5-9-21)14-25(32(46)47)39-30(44)26-23(34)15-20(16-24(26)35)40-51(49,50)22-10-6-19(7-11-22)28-36-12-3-13-37-28/h3-13,15-17,25,40H,14H2,1-2H3,(H,39,44)(H,46,47)/t25-/m0/s1. The van der Waals surface area contributed by atoms with Crippen molar-refractivity contribution in [3.63, 3.8) is 0 Å². The van der Waals surface area contributed by atoms with Gasteiger partial charge in [0.15, 0.2) is 17.0 Å². The summed E-state index contributed by atoms with van der Waals surface area (Å²) in [5, 5.41) is 11.9. The topological polar surface area (TPSA) is 200 Å². The molecule has 1 atom stereocenters. The average molecular weight is 717 g/mol. The summed E-state index contributed by atoms with van der Waals surface area (Å²) in [5.74, 6) is -5.46. The molecule has 51 heavy (non-hydrogen) atoms. The molecule has 3 aromatic heterocycles. The van der Waals surface area contributed by atoms with Crippen LogP contribution in [0.3, 0.4) is 0 Å². The molecule has 3 heterocycles. The lowest BCUT2D eigenvalue weighted by Crippen LogP contribution is -2.43. The Morgan fingerprint density at radius 2 is 1.55 bits per heavy atom. The van der Waals surface area contributed by atoms with Crippen molar-refractivity contribution in [1.82, 2.24) is 34.0 Å². The molecule has 0 unspecified atom stereocenters. The lowest BCUT2D eigenvalue weighted by atomic mass is 10.0. The first-order valence-corrected chi connectivity index (χ1v) is 16.4. The van der Waals surface area contributed by atoms with Gasteiger partial charge in [-0.05, 0) is 60.2 Å². The number of nitrogens with one attached hydrogen (secondary N) is 2. The maximum Gasteiger partial charge on any atom is 0.337 e. The first-order valence-electron chi connectivity index (χ1n) is 14.9. The number of hydrogen-bond donors (Lipinski definition) is 3. The molecule has 18 heteroatoms. The molecule has 0 aliphatic rings. The van der Waals surface area contributed by atoms with E-state index in [0.29, 0.717) is 29.1 Å². The summed E-state index contributed by atoms with van der Waals surface area (Å²) >= 11 is 0. The Balaban J connectivity index is 1.17. The maximum absolute atomic E-state index is 15.1. The highest BCUT2D eigenvalue weighted by Crippen LogP contribution is 2.24. The number of benzene rings is 3. The number of amides is 1. The van der Waals surface area contributed by atoms with E-state index in [2.05, 4.69) is 25.0 Å². The highest BCUT2D eigenvalue weighted by molar-refractivity contribution is 7.92. The van der Waals surface area contributed by atoms with Gasteiger partial charge in [-0.1, -0.05) is 12.1 Å². The van der Waals surface area contributed by atoms with Gasteiger partial charge in [0, 0.05) is 38.5 Å². The van der Waals surface area contributed by atoms with E-state index in [-0.39, 0.29) is 28.2 Å². The molecule has 6 aromatic rings. The highest BCUT2D eigenvalue weighted by Gasteiger charge is 2.27. The predicted octanol–water partition coefficient (Wildman–Crippen LogP) is 2.38. The molecule has 0 radical (unpaired) electrons. The van der Waals surface area contributed by atoms with Crippen LogP contribution in [0.4, 0.5) is 14.5 Å². The van der Waals surface area contributed by atoms with Gasteiger partial charge in [0.25, 0.3) is 21.5 Å². The summed E-state index contributed by atoms with van der Waals surface area (Å²) in [5.41, 5.74) is -1.50. The number of carboxylic acids is 1. The van der Waals surface area contributed by atoms with Crippen molar-refractivity contribution < 1.29 is 31.9 Å². The van der Waals surface area contributed by atoms with Crippen molar-refractivity contribution in [2.75, 3.05) is 4.72 Å². The molecule has 0 saturated carbocycles. The fourth-order valence-corrected chi connectivity index (χ4v) is 6.35. The molecule has 0 bridgehead atoms. The van der Waals surface area contributed by atoms with Crippen molar-refractivity contribution in [2.24, 2.45) is 14.1 Å².